The summed E-state index contributed by atoms with van der Waals surface area (Å²) in [6, 6.07) is -0.0495. The van der Waals surface area contributed by atoms with Gasteiger partial charge in [0.25, 0.3) is 0 Å². The predicted molar refractivity (Wildman–Crippen MR) is 80.4 cm³/mol. The minimum absolute atomic E-state index is 0.0495. The molecule has 21 heavy (non-hydrogen) atoms. The van der Waals surface area contributed by atoms with Gasteiger partial charge in [0, 0.05) is 44.1 Å². The van der Waals surface area contributed by atoms with Crippen LogP contribution in [0.2, 0.25) is 0 Å². The van der Waals surface area contributed by atoms with E-state index in [1.807, 2.05) is 5.38 Å². The van der Waals surface area contributed by atoms with Gasteiger partial charge in [-0.3, -0.25) is 4.79 Å². The number of hydrogen-bond donors (Lipinski definition) is 2. The molecule has 116 valence electrons. The Balaban J connectivity index is 1.70. The monoisotopic (exact) mass is 311 g/mol. The normalized spacial score (nSPS) is 18.5. The third-order valence-corrected chi connectivity index (χ3v) is 4.51. The standard InChI is InChI=1S/C14H21N3O3S/c18-13(19)4-3-11-2-1-8-17(10-11)14(20)16-6-5-12-15-7-9-21-12/h7,9,11H,1-6,8,10H2,(H,16,20)(H,18,19). The van der Waals surface area contributed by atoms with Crippen molar-refractivity contribution < 1.29 is 14.7 Å². The van der Waals surface area contributed by atoms with Crippen molar-refractivity contribution in [3.05, 3.63) is 16.6 Å². The first-order valence-corrected chi connectivity index (χ1v) is 8.16. The van der Waals surface area contributed by atoms with Crippen LogP contribution in [0.1, 0.15) is 30.7 Å². The number of carboxylic acids is 1. The van der Waals surface area contributed by atoms with E-state index in [1.165, 1.54) is 0 Å². The van der Waals surface area contributed by atoms with Crippen molar-refractivity contribution in [1.82, 2.24) is 15.2 Å². The zero-order valence-electron chi connectivity index (χ0n) is 12.0. The van der Waals surface area contributed by atoms with Crippen molar-refractivity contribution in [2.45, 2.75) is 32.1 Å². The van der Waals surface area contributed by atoms with Gasteiger partial charge in [-0.25, -0.2) is 9.78 Å². The number of carboxylic acid groups (broad SMARTS) is 1. The van der Waals surface area contributed by atoms with Crippen LogP contribution in [0.5, 0.6) is 0 Å². The molecule has 6 nitrogen and oxygen atoms in total. The van der Waals surface area contributed by atoms with Crippen LogP contribution in [0.4, 0.5) is 4.79 Å². The molecule has 2 amide bonds. The first kappa shape index (κ1) is 15.8. The third-order valence-electron chi connectivity index (χ3n) is 3.67. The Morgan fingerprint density at radius 1 is 1.52 bits per heavy atom. The molecule has 1 atom stereocenters. The summed E-state index contributed by atoms with van der Waals surface area (Å²) in [5, 5.41) is 14.6. The van der Waals surface area contributed by atoms with E-state index in [-0.39, 0.29) is 12.5 Å². The Morgan fingerprint density at radius 3 is 3.10 bits per heavy atom. The summed E-state index contributed by atoms with van der Waals surface area (Å²) in [5.41, 5.74) is 0. The molecule has 0 saturated carbocycles. The molecule has 0 bridgehead atoms. The molecule has 1 aromatic heterocycles. The summed E-state index contributed by atoms with van der Waals surface area (Å²) < 4.78 is 0. The Hall–Kier alpha value is -1.63. The van der Waals surface area contributed by atoms with E-state index in [9.17, 15) is 9.59 Å². The number of piperidine rings is 1. The van der Waals surface area contributed by atoms with Crippen LogP contribution in [-0.2, 0) is 11.2 Å². The van der Waals surface area contributed by atoms with Crippen LogP contribution in [0, 0.1) is 5.92 Å². The summed E-state index contributed by atoms with van der Waals surface area (Å²) in [6.45, 7) is 2.01. The average Bonchev–Trinajstić information content (AvgIpc) is 2.98. The maximum Gasteiger partial charge on any atom is 0.317 e. The van der Waals surface area contributed by atoms with Crippen LogP contribution >= 0.6 is 11.3 Å². The van der Waals surface area contributed by atoms with Gasteiger partial charge in [-0.05, 0) is 25.2 Å². The lowest BCUT2D eigenvalue weighted by molar-refractivity contribution is -0.137. The van der Waals surface area contributed by atoms with Crippen LogP contribution in [-0.4, -0.2) is 46.6 Å². The van der Waals surface area contributed by atoms with E-state index in [1.54, 1.807) is 22.4 Å². The SMILES string of the molecule is O=C(O)CCC1CCCN(C(=O)NCCc2nccs2)C1. The number of nitrogens with zero attached hydrogens (tertiary/aromatic N) is 2. The van der Waals surface area contributed by atoms with E-state index in [4.69, 9.17) is 5.11 Å². The Morgan fingerprint density at radius 2 is 2.38 bits per heavy atom. The minimum atomic E-state index is -0.764. The highest BCUT2D eigenvalue weighted by Gasteiger charge is 2.23. The summed E-state index contributed by atoms with van der Waals surface area (Å²) in [5.74, 6) is -0.459. The highest BCUT2D eigenvalue weighted by molar-refractivity contribution is 7.09. The van der Waals surface area contributed by atoms with E-state index >= 15 is 0 Å². The number of carbonyl (C=O) groups excluding carboxylic acids is 1. The molecule has 2 rings (SSSR count). The van der Waals surface area contributed by atoms with Crippen molar-refractivity contribution in [3.8, 4) is 0 Å². The first-order chi connectivity index (χ1) is 10.1. The Kier molecular flexibility index (Phi) is 5.98. The fraction of sp³-hybridized carbons (Fsp3) is 0.643. The largest absolute Gasteiger partial charge is 0.481 e. The van der Waals surface area contributed by atoms with Gasteiger partial charge < -0.3 is 15.3 Å². The van der Waals surface area contributed by atoms with Gasteiger partial charge in [0.05, 0.1) is 5.01 Å². The van der Waals surface area contributed by atoms with Gasteiger partial charge in [-0.15, -0.1) is 11.3 Å². The molecule has 0 radical (unpaired) electrons. The van der Waals surface area contributed by atoms with Crippen molar-refractivity contribution in [2.75, 3.05) is 19.6 Å². The molecule has 1 aliphatic rings. The van der Waals surface area contributed by atoms with Gasteiger partial charge in [0.2, 0.25) is 0 Å². The molecule has 0 spiro atoms. The van der Waals surface area contributed by atoms with E-state index in [2.05, 4.69) is 10.3 Å². The summed E-state index contributed by atoms with van der Waals surface area (Å²) in [6.07, 6.45) is 5.31. The molecule has 0 aromatic carbocycles. The van der Waals surface area contributed by atoms with Crippen LogP contribution in [0.25, 0.3) is 0 Å². The smallest absolute Gasteiger partial charge is 0.317 e. The molecule has 1 unspecified atom stereocenters. The fourth-order valence-corrected chi connectivity index (χ4v) is 3.20. The van der Waals surface area contributed by atoms with Gasteiger partial charge >= 0.3 is 12.0 Å². The van der Waals surface area contributed by atoms with Crippen molar-refractivity contribution in [2.24, 2.45) is 5.92 Å². The molecule has 1 aromatic rings. The van der Waals surface area contributed by atoms with Crippen molar-refractivity contribution in [3.63, 3.8) is 0 Å². The fourth-order valence-electron chi connectivity index (χ4n) is 2.58. The van der Waals surface area contributed by atoms with E-state index in [0.29, 0.717) is 25.4 Å². The number of carbonyl (C=O) groups is 2. The summed E-state index contributed by atoms with van der Waals surface area (Å²) in [7, 11) is 0. The highest BCUT2D eigenvalue weighted by Crippen LogP contribution is 2.20. The van der Waals surface area contributed by atoms with Gasteiger partial charge in [-0.2, -0.15) is 0 Å². The summed E-state index contributed by atoms with van der Waals surface area (Å²) >= 11 is 1.59. The van der Waals surface area contributed by atoms with E-state index < -0.39 is 5.97 Å². The second-order valence-electron chi connectivity index (χ2n) is 5.29. The predicted octanol–water partition coefficient (Wildman–Crippen LogP) is 1.97. The molecule has 1 aliphatic heterocycles. The lowest BCUT2D eigenvalue weighted by Gasteiger charge is -2.32. The van der Waals surface area contributed by atoms with Crippen LogP contribution < -0.4 is 5.32 Å². The number of nitrogens with one attached hydrogen (secondary N) is 1. The maximum atomic E-state index is 12.1. The van der Waals surface area contributed by atoms with Gasteiger partial charge in [0.1, 0.15) is 0 Å². The molecule has 0 aliphatic carbocycles. The lowest BCUT2D eigenvalue weighted by atomic mass is 9.93. The Bertz CT molecular complexity index is 464. The minimum Gasteiger partial charge on any atom is -0.481 e. The zero-order valence-corrected chi connectivity index (χ0v) is 12.8. The number of aromatic nitrogens is 1. The second-order valence-corrected chi connectivity index (χ2v) is 6.27. The number of urea groups is 1. The molecule has 2 N–H and O–H groups in total. The Labute approximate surface area is 128 Å². The molecular weight excluding hydrogens is 290 g/mol. The first-order valence-electron chi connectivity index (χ1n) is 7.28. The number of hydrogen-bond acceptors (Lipinski definition) is 4. The highest BCUT2D eigenvalue weighted by atomic mass is 32.1. The number of likely N-dealkylation sites (tertiary alicyclic amines) is 1. The molecular formula is C14H21N3O3S. The zero-order chi connectivity index (χ0) is 15.1. The quantitative estimate of drug-likeness (QED) is 0.841. The van der Waals surface area contributed by atoms with Crippen molar-refractivity contribution in [1.29, 1.82) is 0 Å². The average molecular weight is 311 g/mol. The van der Waals surface area contributed by atoms with Gasteiger partial charge in [-0.1, -0.05) is 0 Å². The van der Waals surface area contributed by atoms with Crippen molar-refractivity contribution >= 4 is 23.3 Å². The molecule has 1 fully saturated rings. The topological polar surface area (TPSA) is 82.5 Å². The number of amides is 2. The van der Waals surface area contributed by atoms with Crippen LogP contribution in [0.3, 0.4) is 0 Å². The van der Waals surface area contributed by atoms with E-state index in [0.717, 1.165) is 30.8 Å². The molecule has 7 heteroatoms. The molecule has 1 saturated heterocycles. The van der Waals surface area contributed by atoms with Crippen LogP contribution in [0.15, 0.2) is 11.6 Å². The lowest BCUT2D eigenvalue weighted by Crippen LogP contribution is -2.46. The number of rotatable bonds is 6. The summed E-state index contributed by atoms with van der Waals surface area (Å²) in [4.78, 5) is 28.7. The second kappa shape index (κ2) is 7.97. The molecule has 2 heterocycles. The number of thiazole rings is 1. The maximum absolute atomic E-state index is 12.1. The third kappa shape index (κ3) is 5.34. The van der Waals surface area contributed by atoms with Gasteiger partial charge in [0.15, 0.2) is 0 Å². The number of aliphatic carboxylic acids is 1.